The molecule has 1 aliphatic carbocycles. The second-order valence-corrected chi connectivity index (χ2v) is 4.83. The lowest BCUT2D eigenvalue weighted by atomic mass is 9.77. The van der Waals surface area contributed by atoms with E-state index < -0.39 is 47.9 Å². The maximum Gasteiger partial charge on any atom is 0.240 e. The smallest absolute Gasteiger partial charge is 0.240 e. The van der Waals surface area contributed by atoms with Crippen LogP contribution in [0.5, 0.6) is 0 Å². The van der Waals surface area contributed by atoms with Crippen LogP contribution in [0.2, 0.25) is 0 Å². The first-order chi connectivity index (χ1) is 9.26. The minimum Gasteiger partial charge on any atom is -0.394 e. The van der Waals surface area contributed by atoms with E-state index in [0.29, 0.717) is 6.42 Å². The molecule has 1 rings (SSSR count). The number of hydrogen-bond donors (Lipinski definition) is 5. The van der Waals surface area contributed by atoms with Gasteiger partial charge in [0, 0.05) is 12.8 Å². The number of carbonyl (C=O) groups is 3. The molecule has 4 atom stereocenters. The maximum atomic E-state index is 11.9. The third kappa shape index (κ3) is 2.94. The molecule has 0 spiro atoms. The lowest BCUT2D eigenvalue weighted by molar-refractivity contribution is -0.183. The summed E-state index contributed by atoms with van der Waals surface area (Å²) in [5.41, 5.74) is -3.09. The van der Waals surface area contributed by atoms with Crippen molar-refractivity contribution in [3.05, 3.63) is 0 Å². The minimum absolute atomic E-state index is 0.167. The van der Waals surface area contributed by atoms with Gasteiger partial charge in [-0.3, -0.25) is 14.4 Å². The van der Waals surface area contributed by atoms with Gasteiger partial charge < -0.3 is 25.5 Å². The van der Waals surface area contributed by atoms with Crippen molar-refractivity contribution in [3.63, 3.8) is 0 Å². The summed E-state index contributed by atoms with van der Waals surface area (Å²) in [7, 11) is 0. The Morgan fingerprint density at radius 2 is 1.60 bits per heavy atom. The van der Waals surface area contributed by atoms with Crippen LogP contribution in [0, 0.1) is 0 Å². The van der Waals surface area contributed by atoms with Crippen LogP contribution in [0.4, 0.5) is 0 Å². The van der Waals surface area contributed by atoms with Crippen LogP contribution in [-0.2, 0) is 14.4 Å². The number of Topliss-reactive ketones (excluding diaryl/α,β-unsaturated/α-hetero) is 3. The molecule has 1 saturated carbocycles. The molecule has 0 aliphatic heterocycles. The summed E-state index contributed by atoms with van der Waals surface area (Å²) >= 11 is 0. The third-order valence-corrected chi connectivity index (χ3v) is 3.42. The Kier molecular flexibility index (Phi) is 5.49. The molecule has 8 heteroatoms. The number of hydrogen-bond acceptors (Lipinski definition) is 8. The first-order valence-corrected chi connectivity index (χ1v) is 6.25. The Balaban J connectivity index is 3.13. The van der Waals surface area contributed by atoms with Crippen molar-refractivity contribution < 1.29 is 39.9 Å². The molecule has 0 radical (unpaired) electrons. The van der Waals surface area contributed by atoms with Gasteiger partial charge in [-0.05, 0) is 12.8 Å². The Labute approximate surface area is 114 Å². The van der Waals surface area contributed by atoms with E-state index in [4.69, 9.17) is 5.11 Å². The van der Waals surface area contributed by atoms with E-state index in [2.05, 4.69) is 0 Å². The molecule has 5 N–H and O–H groups in total. The maximum absolute atomic E-state index is 11.9. The normalized spacial score (nSPS) is 29.6. The molecule has 0 amide bonds. The standard InChI is InChI=1S/C12H18O8/c13-5-7(15)9(17)11(19)12(20)8(16)4-2-1-3-6(14)10(12)18/h7,9,11,13,15,17,19-20H,1-5H2/t7-,9-,11+,12-/m1/s1. The van der Waals surface area contributed by atoms with Gasteiger partial charge in [-0.1, -0.05) is 0 Å². The summed E-state index contributed by atoms with van der Waals surface area (Å²) in [6, 6.07) is 0. The second kappa shape index (κ2) is 6.51. The lowest BCUT2D eigenvalue weighted by Crippen LogP contribution is -2.64. The van der Waals surface area contributed by atoms with Crippen LogP contribution in [0.1, 0.15) is 25.7 Å². The molecule has 1 fully saturated rings. The zero-order chi connectivity index (χ0) is 15.5. The van der Waals surface area contributed by atoms with Crippen molar-refractivity contribution in [1.82, 2.24) is 0 Å². The van der Waals surface area contributed by atoms with Crippen LogP contribution in [0.15, 0.2) is 0 Å². The zero-order valence-corrected chi connectivity index (χ0v) is 10.7. The van der Waals surface area contributed by atoms with Crippen molar-refractivity contribution >= 4 is 17.3 Å². The summed E-state index contributed by atoms with van der Waals surface area (Å²) in [5.74, 6) is -3.61. The number of ketones is 3. The van der Waals surface area contributed by atoms with Gasteiger partial charge in [-0.2, -0.15) is 0 Å². The van der Waals surface area contributed by atoms with E-state index in [-0.39, 0.29) is 19.3 Å². The fraction of sp³-hybridized carbons (Fsp3) is 0.750. The first-order valence-electron chi connectivity index (χ1n) is 6.25. The molecule has 0 aromatic carbocycles. The highest BCUT2D eigenvalue weighted by Gasteiger charge is 2.55. The van der Waals surface area contributed by atoms with Gasteiger partial charge in [0.25, 0.3) is 0 Å². The van der Waals surface area contributed by atoms with Gasteiger partial charge >= 0.3 is 0 Å². The molecule has 20 heavy (non-hydrogen) atoms. The third-order valence-electron chi connectivity index (χ3n) is 3.42. The number of carbonyl (C=O) groups excluding carboxylic acids is 3. The summed E-state index contributed by atoms with van der Waals surface area (Å²) in [6.07, 6.45) is -6.25. The molecule has 0 heterocycles. The zero-order valence-electron chi connectivity index (χ0n) is 10.7. The molecule has 0 bridgehead atoms. The van der Waals surface area contributed by atoms with Crippen LogP contribution < -0.4 is 0 Å². The Morgan fingerprint density at radius 3 is 2.15 bits per heavy atom. The summed E-state index contributed by atoms with van der Waals surface area (Å²) in [6.45, 7) is -0.954. The molecule has 0 unspecified atom stereocenters. The number of aliphatic hydroxyl groups is 5. The van der Waals surface area contributed by atoms with Gasteiger partial charge in [0.1, 0.15) is 18.3 Å². The van der Waals surface area contributed by atoms with E-state index in [0.717, 1.165) is 0 Å². The van der Waals surface area contributed by atoms with E-state index in [1.54, 1.807) is 0 Å². The minimum atomic E-state index is -3.09. The SMILES string of the molecule is O=C1CCCCC(=O)[C@](O)([C@@H](O)[C@H](O)[C@H](O)CO)C1=O. The number of aliphatic hydroxyl groups excluding tert-OH is 4. The summed E-state index contributed by atoms with van der Waals surface area (Å²) < 4.78 is 0. The predicted octanol–water partition coefficient (Wildman–Crippen LogP) is -2.93. The van der Waals surface area contributed by atoms with Gasteiger partial charge in [-0.15, -0.1) is 0 Å². The quantitative estimate of drug-likeness (QED) is 0.272. The van der Waals surface area contributed by atoms with Gasteiger partial charge in [0.15, 0.2) is 5.78 Å². The molecule has 114 valence electrons. The Morgan fingerprint density at radius 1 is 1.05 bits per heavy atom. The van der Waals surface area contributed by atoms with Gasteiger partial charge in [0.2, 0.25) is 17.2 Å². The average Bonchev–Trinajstić information content (AvgIpc) is 2.45. The van der Waals surface area contributed by atoms with E-state index in [9.17, 15) is 34.8 Å². The first kappa shape index (κ1) is 16.9. The van der Waals surface area contributed by atoms with Crippen LogP contribution in [-0.4, -0.2) is 73.4 Å². The molecular weight excluding hydrogens is 272 g/mol. The van der Waals surface area contributed by atoms with Gasteiger partial charge in [-0.25, -0.2) is 0 Å². The molecule has 8 nitrogen and oxygen atoms in total. The molecule has 0 saturated heterocycles. The van der Waals surface area contributed by atoms with Crippen molar-refractivity contribution in [2.45, 2.75) is 49.6 Å². The predicted molar refractivity (Wildman–Crippen MR) is 63.5 cm³/mol. The average molecular weight is 290 g/mol. The lowest BCUT2D eigenvalue weighted by Gasteiger charge is -2.34. The van der Waals surface area contributed by atoms with E-state index >= 15 is 0 Å². The summed E-state index contributed by atoms with van der Waals surface area (Å²) in [5, 5.41) is 47.4. The highest BCUT2D eigenvalue weighted by Crippen LogP contribution is 2.25. The van der Waals surface area contributed by atoms with Crippen molar-refractivity contribution in [2.75, 3.05) is 6.61 Å². The fourth-order valence-corrected chi connectivity index (χ4v) is 2.08. The highest BCUT2D eigenvalue weighted by atomic mass is 16.4. The van der Waals surface area contributed by atoms with Crippen molar-refractivity contribution in [3.8, 4) is 0 Å². The van der Waals surface area contributed by atoms with E-state index in [1.807, 2.05) is 0 Å². The van der Waals surface area contributed by atoms with Crippen LogP contribution in [0.25, 0.3) is 0 Å². The second-order valence-electron chi connectivity index (χ2n) is 4.83. The van der Waals surface area contributed by atoms with Gasteiger partial charge in [0.05, 0.1) is 6.61 Å². The monoisotopic (exact) mass is 290 g/mol. The van der Waals surface area contributed by atoms with E-state index in [1.165, 1.54) is 0 Å². The van der Waals surface area contributed by atoms with Crippen LogP contribution >= 0.6 is 0 Å². The molecular formula is C12H18O8. The Bertz CT molecular complexity index is 406. The topological polar surface area (TPSA) is 152 Å². The number of rotatable bonds is 4. The highest BCUT2D eigenvalue weighted by molar-refractivity contribution is 6.45. The van der Waals surface area contributed by atoms with Crippen LogP contribution in [0.3, 0.4) is 0 Å². The largest absolute Gasteiger partial charge is 0.394 e. The molecule has 1 aliphatic rings. The van der Waals surface area contributed by atoms with Crippen molar-refractivity contribution in [1.29, 1.82) is 0 Å². The fourth-order valence-electron chi connectivity index (χ4n) is 2.08. The van der Waals surface area contributed by atoms with Crippen molar-refractivity contribution in [2.24, 2.45) is 0 Å². The Hall–Kier alpha value is -1.19. The molecule has 0 aromatic heterocycles. The summed E-state index contributed by atoms with van der Waals surface area (Å²) in [4.78, 5) is 35.2. The molecule has 0 aromatic rings.